The van der Waals surface area contributed by atoms with Crippen LogP contribution in [-0.4, -0.2) is 5.11 Å². The third kappa shape index (κ3) is 4.63. The summed E-state index contributed by atoms with van der Waals surface area (Å²) in [5.74, 6) is 0.916. The van der Waals surface area contributed by atoms with E-state index in [-0.39, 0.29) is 12.1 Å². The predicted molar refractivity (Wildman–Crippen MR) is 105 cm³/mol. The monoisotopic (exact) mass is 349 g/mol. The molecule has 0 radical (unpaired) electrons. The second-order valence-electron chi connectivity index (χ2n) is 6.62. The van der Waals surface area contributed by atoms with E-state index in [0.29, 0.717) is 0 Å². The van der Waals surface area contributed by atoms with Gasteiger partial charge < -0.3 is 9.52 Å². The van der Waals surface area contributed by atoms with Gasteiger partial charge in [-0.15, -0.1) is 0 Å². The van der Waals surface area contributed by atoms with Crippen molar-refractivity contribution < 1.29 is 9.52 Å². The fraction of sp³-hybridized carbons (Fsp3) is 0.304. The molecular weight excluding hydrogens is 322 g/mol. The minimum Gasteiger partial charge on any atom is -0.468 e. The Bertz CT molecular complexity index is 740. The van der Waals surface area contributed by atoms with Gasteiger partial charge in [0.15, 0.2) is 0 Å². The molecular formula is C23H27NO2. The SMILES string of the molecule is CCCC[C@@H](N[C@H](c1ccccc1)[C@@H](O)c1ccccc1)c1ccco1. The Morgan fingerprint density at radius 3 is 2.12 bits per heavy atom. The molecule has 0 bridgehead atoms. The molecule has 0 saturated carbocycles. The number of nitrogens with one attached hydrogen (secondary N) is 1. The van der Waals surface area contributed by atoms with E-state index in [0.717, 1.165) is 36.1 Å². The maximum atomic E-state index is 11.1. The van der Waals surface area contributed by atoms with Gasteiger partial charge in [-0.1, -0.05) is 80.4 Å². The van der Waals surface area contributed by atoms with Crippen molar-refractivity contribution in [3.8, 4) is 0 Å². The number of furan rings is 1. The summed E-state index contributed by atoms with van der Waals surface area (Å²) in [6, 6.07) is 23.7. The average Bonchev–Trinajstić information content (AvgIpc) is 3.24. The summed E-state index contributed by atoms with van der Waals surface area (Å²) in [5, 5.41) is 14.8. The molecule has 1 aromatic heterocycles. The van der Waals surface area contributed by atoms with Gasteiger partial charge in [-0.05, 0) is 29.7 Å². The number of aliphatic hydroxyl groups is 1. The lowest BCUT2D eigenvalue weighted by Gasteiger charge is -2.29. The Balaban J connectivity index is 1.89. The molecule has 3 aromatic rings. The van der Waals surface area contributed by atoms with Crippen molar-refractivity contribution in [3.63, 3.8) is 0 Å². The Labute approximate surface area is 155 Å². The van der Waals surface area contributed by atoms with E-state index in [1.54, 1.807) is 6.26 Å². The molecule has 136 valence electrons. The molecule has 0 saturated heterocycles. The average molecular weight is 349 g/mol. The molecule has 0 spiro atoms. The highest BCUT2D eigenvalue weighted by atomic mass is 16.3. The maximum Gasteiger partial charge on any atom is 0.120 e. The normalized spacial score (nSPS) is 14.7. The number of hydrogen-bond donors (Lipinski definition) is 2. The first-order chi connectivity index (χ1) is 12.8. The molecule has 0 aliphatic rings. The summed E-state index contributed by atoms with van der Waals surface area (Å²) >= 11 is 0. The number of rotatable bonds is 9. The van der Waals surface area contributed by atoms with Gasteiger partial charge in [0.05, 0.1) is 24.5 Å². The quantitative estimate of drug-likeness (QED) is 0.530. The van der Waals surface area contributed by atoms with Gasteiger partial charge >= 0.3 is 0 Å². The lowest BCUT2D eigenvalue weighted by molar-refractivity contribution is 0.118. The van der Waals surface area contributed by atoms with Crippen molar-refractivity contribution in [1.29, 1.82) is 0 Å². The minimum absolute atomic E-state index is 0.0634. The van der Waals surface area contributed by atoms with Crippen LogP contribution in [0.5, 0.6) is 0 Å². The van der Waals surface area contributed by atoms with E-state index in [1.807, 2.05) is 60.7 Å². The van der Waals surface area contributed by atoms with Crippen LogP contribution in [0.15, 0.2) is 83.5 Å². The minimum atomic E-state index is -0.641. The van der Waals surface area contributed by atoms with Crippen LogP contribution in [0.1, 0.15) is 61.3 Å². The summed E-state index contributed by atoms with van der Waals surface area (Å²) in [6.07, 6.45) is 4.26. The molecule has 0 unspecified atom stereocenters. The molecule has 2 aromatic carbocycles. The highest BCUT2D eigenvalue weighted by Crippen LogP contribution is 2.33. The van der Waals surface area contributed by atoms with Crippen LogP contribution in [0, 0.1) is 0 Å². The Kier molecular flexibility index (Phi) is 6.64. The number of benzene rings is 2. The fourth-order valence-corrected chi connectivity index (χ4v) is 3.29. The first kappa shape index (κ1) is 18.4. The van der Waals surface area contributed by atoms with Crippen LogP contribution in [0.25, 0.3) is 0 Å². The van der Waals surface area contributed by atoms with E-state index in [9.17, 15) is 5.11 Å². The summed E-state index contributed by atoms with van der Waals surface area (Å²) in [5.41, 5.74) is 1.97. The van der Waals surface area contributed by atoms with Crippen molar-refractivity contribution in [1.82, 2.24) is 5.32 Å². The van der Waals surface area contributed by atoms with Crippen molar-refractivity contribution in [3.05, 3.63) is 95.9 Å². The first-order valence-electron chi connectivity index (χ1n) is 9.37. The van der Waals surface area contributed by atoms with Gasteiger partial charge in [-0.2, -0.15) is 0 Å². The number of unbranched alkanes of at least 4 members (excludes halogenated alkanes) is 1. The number of hydrogen-bond acceptors (Lipinski definition) is 3. The molecule has 3 atom stereocenters. The zero-order valence-corrected chi connectivity index (χ0v) is 15.2. The lowest BCUT2D eigenvalue weighted by atomic mass is 9.94. The molecule has 1 heterocycles. The van der Waals surface area contributed by atoms with Gasteiger partial charge in [0, 0.05) is 0 Å². The van der Waals surface area contributed by atoms with E-state index in [1.165, 1.54) is 0 Å². The summed E-state index contributed by atoms with van der Waals surface area (Å²) in [6.45, 7) is 2.19. The second-order valence-corrected chi connectivity index (χ2v) is 6.62. The van der Waals surface area contributed by atoms with E-state index >= 15 is 0 Å². The largest absolute Gasteiger partial charge is 0.468 e. The van der Waals surface area contributed by atoms with E-state index in [4.69, 9.17) is 4.42 Å². The van der Waals surface area contributed by atoms with Gasteiger partial charge in [-0.3, -0.25) is 5.32 Å². The third-order valence-corrected chi connectivity index (χ3v) is 4.73. The van der Waals surface area contributed by atoms with Crippen LogP contribution in [0.3, 0.4) is 0 Å². The van der Waals surface area contributed by atoms with Crippen molar-refractivity contribution in [2.45, 2.75) is 44.4 Å². The van der Waals surface area contributed by atoms with Crippen molar-refractivity contribution in [2.75, 3.05) is 0 Å². The van der Waals surface area contributed by atoms with Gasteiger partial charge in [0.1, 0.15) is 5.76 Å². The van der Waals surface area contributed by atoms with Crippen LogP contribution in [0.2, 0.25) is 0 Å². The van der Waals surface area contributed by atoms with Crippen LogP contribution < -0.4 is 5.32 Å². The molecule has 0 aliphatic heterocycles. The van der Waals surface area contributed by atoms with Crippen molar-refractivity contribution >= 4 is 0 Å². The smallest absolute Gasteiger partial charge is 0.120 e. The van der Waals surface area contributed by atoms with E-state index in [2.05, 4.69) is 24.4 Å². The summed E-state index contributed by atoms with van der Waals surface area (Å²) in [4.78, 5) is 0. The summed E-state index contributed by atoms with van der Waals surface area (Å²) in [7, 11) is 0. The number of aliphatic hydroxyl groups excluding tert-OH is 1. The molecule has 0 aliphatic carbocycles. The van der Waals surface area contributed by atoms with E-state index < -0.39 is 6.10 Å². The van der Waals surface area contributed by atoms with Crippen molar-refractivity contribution in [2.24, 2.45) is 0 Å². The zero-order chi connectivity index (χ0) is 18.2. The second kappa shape index (κ2) is 9.37. The fourth-order valence-electron chi connectivity index (χ4n) is 3.29. The molecule has 26 heavy (non-hydrogen) atoms. The molecule has 2 N–H and O–H groups in total. The topological polar surface area (TPSA) is 45.4 Å². The van der Waals surface area contributed by atoms with Crippen LogP contribution >= 0.6 is 0 Å². The lowest BCUT2D eigenvalue weighted by Crippen LogP contribution is -2.31. The summed E-state index contributed by atoms with van der Waals surface area (Å²) < 4.78 is 5.67. The Morgan fingerprint density at radius 2 is 1.54 bits per heavy atom. The predicted octanol–water partition coefficient (Wildman–Crippen LogP) is 5.58. The van der Waals surface area contributed by atoms with Gasteiger partial charge in [0.25, 0.3) is 0 Å². The van der Waals surface area contributed by atoms with Gasteiger partial charge in [0.2, 0.25) is 0 Å². The van der Waals surface area contributed by atoms with Crippen LogP contribution in [-0.2, 0) is 0 Å². The zero-order valence-electron chi connectivity index (χ0n) is 15.2. The maximum absolute atomic E-state index is 11.1. The molecule has 3 heteroatoms. The molecule has 3 rings (SSSR count). The highest BCUT2D eigenvalue weighted by Gasteiger charge is 2.26. The standard InChI is InChI=1S/C23H27NO2/c1-2-3-15-20(21-16-10-17-26-21)24-22(18-11-6-4-7-12-18)23(25)19-13-8-5-9-14-19/h4-14,16-17,20,22-25H,2-3,15H2,1H3/t20-,22-,23+/m1/s1. The third-order valence-electron chi connectivity index (χ3n) is 4.73. The molecule has 0 fully saturated rings. The van der Waals surface area contributed by atoms with Gasteiger partial charge in [-0.25, -0.2) is 0 Å². The Hall–Kier alpha value is -2.36. The Morgan fingerprint density at radius 1 is 0.885 bits per heavy atom. The van der Waals surface area contributed by atoms with Crippen LogP contribution in [0.4, 0.5) is 0 Å². The first-order valence-corrected chi connectivity index (χ1v) is 9.37. The molecule has 0 amide bonds. The molecule has 3 nitrogen and oxygen atoms in total. The highest BCUT2D eigenvalue weighted by molar-refractivity contribution is 5.26.